The first kappa shape index (κ1) is 37.2. The Bertz CT molecular complexity index is 1230. The molecule has 2 aliphatic heterocycles. The van der Waals surface area contributed by atoms with Gasteiger partial charge in [-0.3, -0.25) is 28.8 Å². The van der Waals surface area contributed by atoms with Gasteiger partial charge in [0.05, 0.1) is 6.04 Å². The topological polar surface area (TPSA) is 358 Å². The van der Waals surface area contributed by atoms with Crippen molar-refractivity contribution in [1.82, 2.24) is 42.5 Å². The summed E-state index contributed by atoms with van der Waals surface area (Å²) in [5.74, 6) is -4.76. The molecule has 18 N–H and O–H groups in total. The van der Waals surface area contributed by atoms with Crippen molar-refractivity contribution >= 4 is 47.4 Å². The fourth-order valence-electron chi connectivity index (χ4n) is 4.36. The number of nitrogens with two attached hydrogens (primary N) is 5. The van der Waals surface area contributed by atoms with Crippen LogP contribution in [0.5, 0.6) is 0 Å². The van der Waals surface area contributed by atoms with Gasteiger partial charge in [0.25, 0.3) is 5.91 Å². The van der Waals surface area contributed by atoms with E-state index in [1.54, 1.807) is 0 Å². The number of urea groups is 1. The minimum Gasteiger partial charge on any atom is -0.370 e. The number of primary amides is 2. The first-order valence-corrected chi connectivity index (χ1v) is 14.5. The predicted octanol–water partition coefficient (Wildman–Crippen LogP) is -7.21. The lowest BCUT2D eigenvalue weighted by molar-refractivity contribution is -0.132. The second kappa shape index (κ2) is 18.1. The zero-order valence-electron chi connectivity index (χ0n) is 25.4. The zero-order chi connectivity index (χ0) is 34.4. The second-order valence-electron chi connectivity index (χ2n) is 10.7. The summed E-state index contributed by atoms with van der Waals surface area (Å²) in [5, 5.41) is 20.1. The van der Waals surface area contributed by atoms with Gasteiger partial charge in [0.1, 0.15) is 29.9 Å². The molecule has 0 aliphatic carbocycles. The maximum Gasteiger partial charge on any atom is 0.316 e. The largest absolute Gasteiger partial charge is 0.370 e. The smallest absolute Gasteiger partial charge is 0.316 e. The minimum absolute atomic E-state index is 0.00472. The van der Waals surface area contributed by atoms with Gasteiger partial charge in [-0.2, -0.15) is 0 Å². The third-order valence-corrected chi connectivity index (χ3v) is 6.82. The van der Waals surface area contributed by atoms with E-state index in [-0.39, 0.29) is 31.9 Å². The molecule has 0 aromatic heterocycles. The first-order chi connectivity index (χ1) is 21.7. The lowest BCUT2D eigenvalue weighted by Gasteiger charge is -2.29. The normalized spacial score (nSPS) is 26.7. The van der Waals surface area contributed by atoms with Crippen LogP contribution in [0.25, 0.3) is 0 Å². The molecule has 0 saturated carbocycles. The van der Waals surface area contributed by atoms with Crippen molar-refractivity contribution in [3.05, 3.63) is 11.9 Å². The van der Waals surface area contributed by atoms with Crippen molar-refractivity contribution in [3.63, 3.8) is 0 Å². The second-order valence-corrected chi connectivity index (χ2v) is 10.7. The Labute approximate surface area is 264 Å². The number of carbonyl (C=O) groups is 7. The summed E-state index contributed by atoms with van der Waals surface area (Å²) in [6.45, 7) is 1.47. The van der Waals surface area contributed by atoms with Gasteiger partial charge >= 0.3 is 6.03 Å². The van der Waals surface area contributed by atoms with Crippen molar-refractivity contribution in [2.24, 2.45) is 33.7 Å². The number of amides is 8. The number of nitrogens with one attached hydrogen (secondary N) is 8. The third kappa shape index (κ3) is 12.5. The highest BCUT2D eigenvalue weighted by Crippen LogP contribution is 2.09. The molecule has 8 amide bonds. The Balaban J connectivity index is 2.37. The van der Waals surface area contributed by atoms with E-state index in [1.807, 2.05) is 0 Å². The molecule has 46 heavy (non-hydrogen) atoms. The summed E-state index contributed by atoms with van der Waals surface area (Å²) >= 11 is 0. The van der Waals surface area contributed by atoms with E-state index in [2.05, 4.69) is 47.5 Å². The van der Waals surface area contributed by atoms with Crippen LogP contribution in [-0.2, 0) is 28.8 Å². The third-order valence-electron chi connectivity index (χ3n) is 6.82. The van der Waals surface area contributed by atoms with E-state index >= 15 is 0 Å². The molecule has 1 unspecified atom stereocenters. The summed E-state index contributed by atoms with van der Waals surface area (Å²) in [4.78, 5) is 92.4. The Morgan fingerprint density at radius 1 is 1.02 bits per heavy atom. The maximum atomic E-state index is 13.4. The SMILES string of the molecule is C[C@@H]1NC(=O)[C@@H](N)CNC(=O)[C@H]([C@H]2CCNC(N)=N2)NC(=O)/C(=C\NC(N)=O)NC(=O)[C@H](CNCCCC(N)CC(N)=O)NC1=O. The van der Waals surface area contributed by atoms with E-state index < -0.39 is 83.4 Å². The van der Waals surface area contributed by atoms with Gasteiger partial charge in [0.15, 0.2) is 5.96 Å². The molecular formula is C25H44N14O7. The Morgan fingerprint density at radius 3 is 2.39 bits per heavy atom. The molecule has 0 aromatic carbocycles. The fourth-order valence-corrected chi connectivity index (χ4v) is 4.36. The molecule has 1 saturated heterocycles. The average Bonchev–Trinajstić information content (AvgIpc) is 2.98. The number of rotatable bonds is 10. The molecule has 6 atom stereocenters. The molecule has 0 bridgehead atoms. The van der Waals surface area contributed by atoms with Crippen LogP contribution in [0.2, 0.25) is 0 Å². The van der Waals surface area contributed by atoms with E-state index in [0.717, 1.165) is 6.20 Å². The molecular weight excluding hydrogens is 608 g/mol. The molecule has 2 rings (SSSR count). The Kier molecular flexibility index (Phi) is 14.6. The molecule has 2 heterocycles. The highest BCUT2D eigenvalue weighted by Gasteiger charge is 2.34. The van der Waals surface area contributed by atoms with Crippen molar-refractivity contribution in [2.45, 2.75) is 68.9 Å². The fraction of sp³-hybridized carbons (Fsp3) is 0.600. The van der Waals surface area contributed by atoms with Crippen molar-refractivity contribution in [3.8, 4) is 0 Å². The maximum absolute atomic E-state index is 13.4. The van der Waals surface area contributed by atoms with Gasteiger partial charge in [-0.25, -0.2) is 9.79 Å². The van der Waals surface area contributed by atoms with Gasteiger partial charge in [0, 0.05) is 38.3 Å². The standard InChI is InChI=1S/C25H44N14O7/c1-11-19(41)36-15(9-31-5-2-3-12(26)7-17(28)40)21(43)37-16(10-34-25(30)46)22(44)39-18(14-4-6-32-24(29)38-14)23(45)33-8-13(27)20(42)35-11/h10-15,18,31H,2-9,26-27H2,1H3,(H2,28,40)(H,33,45)(H,35,42)(H,36,41)(H,37,43)(H,39,44)(H3,29,32,38)(H3,30,34,46)/b16-10+/t11-,12?,13-,14+,15-,18-/m0/s1. The summed E-state index contributed by atoms with van der Waals surface area (Å²) in [7, 11) is 0. The van der Waals surface area contributed by atoms with Crippen LogP contribution < -0.4 is 71.2 Å². The highest BCUT2D eigenvalue weighted by molar-refractivity contribution is 6.02. The quantitative estimate of drug-likeness (QED) is 0.0773. The van der Waals surface area contributed by atoms with Crippen LogP contribution in [0.15, 0.2) is 16.9 Å². The Hall–Kier alpha value is -5.02. The van der Waals surface area contributed by atoms with Gasteiger partial charge in [-0.1, -0.05) is 0 Å². The summed E-state index contributed by atoms with van der Waals surface area (Å²) in [6, 6.07) is -7.52. The molecule has 1 fully saturated rings. The molecule has 256 valence electrons. The molecule has 0 spiro atoms. The van der Waals surface area contributed by atoms with Crippen LogP contribution in [0, 0.1) is 0 Å². The van der Waals surface area contributed by atoms with E-state index in [4.69, 9.17) is 28.7 Å². The lowest BCUT2D eigenvalue weighted by atomic mass is 10.0. The van der Waals surface area contributed by atoms with Crippen molar-refractivity contribution in [2.75, 3.05) is 26.2 Å². The minimum atomic E-state index is -1.36. The summed E-state index contributed by atoms with van der Waals surface area (Å²) in [5.41, 5.74) is 27.3. The summed E-state index contributed by atoms with van der Waals surface area (Å²) < 4.78 is 0. The first-order valence-electron chi connectivity index (χ1n) is 14.5. The average molecular weight is 653 g/mol. The molecule has 21 nitrogen and oxygen atoms in total. The van der Waals surface area contributed by atoms with Gasteiger partial charge in [-0.15, -0.1) is 0 Å². The van der Waals surface area contributed by atoms with E-state index in [9.17, 15) is 33.6 Å². The van der Waals surface area contributed by atoms with Crippen LogP contribution in [0.1, 0.15) is 32.6 Å². The van der Waals surface area contributed by atoms with E-state index in [0.29, 0.717) is 25.9 Å². The van der Waals surface area contributed by atoms with Crippen LogP contribution >= 0.6 is 0 Å². The summed E-state index contributed by atoms with van der Waals surface area (Å²) in [6.07, 6.45) is 2.02. The number of nitrogens with zero attached hydrogens (tertiary/aromatic N) is 1. The van der Waals surface area contributed by atoms with Gasteiger partial charge in [0.2, 0.25) is 29.5 Å². The lowest BCUT2D eigenvalue weighted by Crippen LogP contribution is -2.61. The van der Waals surface area contributed by atoms with Crippen LogP contribution in [0.3, 0.4) is 0 Å². The molecule has 21 heteroatoms. The highest BCUT2D eigenvalue weighted by atomic mass is 16.2. The molecule has 0 radical (unpaired) electrons. The van der Waals surface area contributed by atoms with Crippen LogP contribution in [0.4, 0.5) is 4.79 Å². The molecule has 2 aliphatic rings. The van der Waals surface area contributed by atoms with Crippen molar-refractivity contribution in [1.29, 1.82) is 0 Å². The van der Waals surface area contributed by atoms with Gasteiger partial charge in [-0.05, 0) is 32.7 Å². The number of guanidine groups is 1. The number of carbonyl (C=O) groups excluding carboxylic acids is 7. The van der Waals surface area contributed by atoms with Crippen molar-refractivity contribution < 1.29 is 33.6 Å². The molecule has 0 aromatic rings. The van der Waals surface area contributed by atoms with E-state index in [1.165, 1.54) is 6.92 Å². The number of hydrogen-bond donors (Lipinski definition) is 13. The number of hydrogen-bond acceptors (Lipinski definition) is 13. The predicted molar refractivity (Wildman–Crippen MR) is 163 cm³/mol. The number of aliphatic imine (C=N–C) groups is 1. The van der Waals surface area contributed by atoms with Gasteiger partial charge < -0.3 is 71.2 Å². The Morgan fingerprint density at radius 2 is 1.74 bits per heavy atom. The zero-order valence-corrected chi connectivity index (χ0v) is 25.4. The van der Waals surface area contributed by atoms with Crippen LogP contribution in [-0.4, -0.2) is 110 Å². The monoisotopic (exact) mass is 652 g/mol.